The predicted molar refractivity (Wildman–Crippen MR) is 130 cm³/mol. The zero-order chi connectivity index (χ0) is 21.7. The summed E-state index contributed by atoms with van der Waals surface area (Å²) in [5.41, 5.74) is 9.61. The highest BCUT2D eigenvalue weighted by molar-refractivity contribution is 6.02. The van der Waals surface area contributed by atoms with Gasteiger partial charge in [0.15, 0.2) is 5.78 Å². The van der Waals surface area contributed by atoms with Gasteiger partial charge >= 0.3 is 0 Å². The minimum atomic E-state index is 0.112. The fourth-order valence-electron chi connectivity index (χ4n) is 5.72. The molecule has 2 aromatic heterocycles. The largest absolute Gasteiger partial charge is 0.472 e. The Balaban J connectivity index is 1.69. The average Bonchev–Trinajstić information content (AvgIpc) is 3.42. The van der Waals surface area contributed by atoms with E-state index in [1.54, 1.807) is 13.2 Å². The Morgan fingerprint density at radius 2 is 1.88 bits per heavy atom. The Labute approximate surface area is 188 Å². The van der Waals surface area contributed by atoms with Gasteiger partial charge in [0.1, 0.15) is 0 Å². The third kappa shape index (κ3) is 3.07. The molecule has 0 unspecified atom stereocenters. The van der Waals surface area contributed by atoms with Crippen LogP contribution in [0, 0.1) is 0 Å². The van der Waals surface area contributed by atoms with Gasteiger partial charge < -0.3 is 8.98 Å². The van der Waals surface area contributed by atoms with Gasteiger partial charge in [-0.1, -0.05) is 55.7 Å². The van der Waals surface area contributed by atoms with Gasteiger partial charge in [0.05, 0.1) is 18.2 Å². The van der Waals surface area contributed by atoms with Crippen LogP contribution in [0.5, 0.6) is 0 Å². The summed E-state index contributed by atoms with van der Waals surface area (Å²) in [5.74, 6) is 0.676. The molecule has 0 saturated heterocycles. The molecule has 0 bridgehead atoms. The molecule has 1 aliphatic carbocycles. The molecule has 32 heavy (non-hydrogen) atoms. The van der Waals surface area contributed by atoms with E-state index in [9.17, 15) is 4.79 Å². The summed E-state index contributed by atoms with van der Waals surface area (Å²) in [6.45, 7) is 2.41. The fraction of sp³-hybridized carbons (Fsp3) is 0.276. The van der Waals surface area contributed by atoms with E-state index < -0.39 is 0 Å². The summed E-state index contributed by atoms with van der Waals surface area (Å²) in [5, 5.41) is 1.31. The third-order valence-corrected chi connectivity index (χ3v) is 7.29. The van der Waals surface area contributed by atoms with Crippen molar-refractivity contribution >= 4 is 28.3 Å². The van der Waals surface area contributed by atoms with E-state index in [0.29, 0.717) is 5.92 Å². The van der Waals surface area contributed by atoms with Crippen LogP contribution in [0.2, 0.25) is 0 Å². The smallest absolute Gasteiger partial charge is 0.159 e. The lowest BCUT2D eigenvalue weighted by atomic mass is 9.81. The highest BCUT2D eigenvalue weighted by atomic mass is 16.3. The lowest BCUT2D eigenvalue weighted by molar-refractivity contribution is 0.101. The summed E-state index contributed by atoms with van der Waals surface area (Å²) in [7, 11) is 0. The van der Waals surface area contributed by atoms with Crippen LogP contribution in [0.3, 0.4) is 0 Å². The number of benzene rings is 2. The van der Waals surface area contributed by atoms with Crippen LogP contribution >= 0.6 is 0 Å². The monoisotopic (exact) mass is 421 g/mol. The maximum absolute atomic E-state index is 12.2. The molecule has 2 aromatic carbocycles. The molecule has 6 rings (SSSR count). The van der Waals surface area contributed by atoms with Gasteiger partial charge in [-0.25, -0.2) is 0 Å². The number of fused-ring (bicyclic) bond motifs is 5. The minimum Gasteiger partial charge on any atom is -0.472 e. The third-order valence-electron chi connectivity index (χ3n) is 7.29. The summed E-state index contributed by atoms with van der Waals surface area (Å²) in [4.78, 5) is 12.2. The lowest BCUT2D eigenvalue weighted by Gasteiger charge is -2.24. The molecule has 4 aromatic rings. The molecule has 0 amide bonds. The number of hydrogen-bond acceptors (Lipinski definition) is 2. The number of allylic oxidation sites excluding steroid dienone is 1. The Hall–Kier alpha value is -3.33. The number of Topliss-reactive ketones (excluding diaryl/α,β-unsaturated/α-hetero) is 1. The second kappa shape index (κ2) is 7.67. The topological polar surface area (TPSA) is 35.1 Å². The molecule has 1 fully saturated rings. The first-order valence-corrected chi connectivity index (χ1v) is 11.7. The molecule has 3 heteroatoms. The van der Waals surface area contributed by atoms with Crippen molar-refractivity contribution < 1.29 is 9.21 Å². The van der Waals surface area contributed by atoms with Crippen LogP contribution in [0.25, 0.3) is 33.8 Å². The average molecular weight is 422 g/mol. The minimum absolute atomic E-state index is 0.112. The normalized spacial score (nSPS) is 16.3. The zero-order valence-electron chi connectivity index (χ0n) is 18.4. The molecular formula is C29H27NO2. The van der Waals surface area contributed by atoms with Crippen molar-refractivity contribution in [2.75, 3.05) is 0 Å². The first kappa shape index (κ1) is 19.4. The van der Waals surface area contributed by atoms with Gasteiger partial charge in [-0.05, 0) is 60.6 Å². The molecule has 160 valence electrons. The number of hydrogen-bond donors (Lipinski definition) is 0. The van der Waals surface area contributed by atoms with Crippen molar-refractivity contribution in [3.8, 4) is 11.3 Å². The fourth-order valence-corrected chi connectivity index (χ4v) is 5.72. The van der Waals surface area contributed by atoms with E-state index in [0.717, 1.165) is 17.7 Å². The van der Waals surface area contributed by atoms with Crippen LogP contribution in [0.15, 0.2) is 65.5 Å². The van der Waals surface area contributed by atoms with Gasteiger partial charge in [-0.15, -0.1) is 0 Å². The van der Waals surface area contributed by atoms with Crippen molar-refractivity contribution in [3.05, 3.63) is 83.3 Å². The summed E-state index contributed by atoms with van der Waals surface area (Å²) >= 11 is 0. The molecule has 3 heterocycles. The quantitative estimate of drug-likeness (QED) is 0.318. The van der Waals surface area contributed by atoms with Crippen LogP contribution in [0.4, 0.5) is 0 Å². The SMILES string of the molecule is CC(=O)c1ccc2c(C3CCCCC3)c3n(c2c1)CC(c1ccoc1)=Cc1ccccc1-3. The standard InChI is InChI=1S/C29H27NO2/c1-19(31)21-11-12-26-27(16-21)30-17-24(23-13-14-32-18-23)15-22-9-5-6-10-25(22)29(30)28(26)20-7-3-2-4-8-20/h5-6,9-16,18,20H,2-4,7-8,17H2,1H3. The van der Waals surface area contributed by atoms with Crippen LogP contribution in [-0.4, -0.2) is 10.4 Å². The molecule has 0 spiro atoms. The summed E-state index contributed by atoms with van der Waals surface area (Å²) in [6.07, 6.45) is 12.3. The Bertz CT molecular complexity index is 1350. The molecule has 0 atom stereocenters. The Morgan fingerprint density at radius 1 is 1.03 bits per heavy atom. The lowest BCUT2D eigenvalue weighted by Crippen LogP contribution is -2.07. The second-order valence-electron chi connectivity index (χ2n) is 9.24. The maximum atomic E-state index is 12.2. The number of rotatable bonds is 3. The second-order valence-corrected chi connectivity index (χ2v) is 9.24. The number of carbonyl (C=O) groups excluding carboxylic acids is 1. The van der Waals surface area contributed by atoms with Crippen LogP contribution < -0.4 is 0 Å². The van der Waals surface area contributed by atoms with E-state index in [1.807, 2.05) is 18.4 Å². The number of furan rings is 1. The number of carbonyl (C=O) groups is 1. The van der Waals surface area contributed by atoms with Gasteiger partial charge in [-0.3, -0.25) is 4.79 Å². The Kier molecular flexibility index (Phi) is 4.64. The first-order chi connectivity index (χ1) is 15.7. The number of nitrogens with zero attached hydrogens (tertiary/aromatic N) is 1. The molecule has 3 nitrogen and oxygen atoms in total. The van der Waals surface area contributed by atoms with E-state index in [4.69, 9.17) is 4.42 Å². The van der Waals surface area contributed by atoms with Gasteiger partial charge in [-0.2, -0.15) is 0 Å². The van der Waals surface area contributed by atoms with Crippen molar-refractivity contribution in [2.45, 2.75) is 51.5 Å². The van der Waals surface area contributed by atoms with Crippen LogP contribution in [-0.2, 0) is 6.54 Å². The molecule has 2 aliphatic rings. The maximum Gasteiger partial charge on any atom is 0.159 e. The van der Waals surface area contributed by atoms with Gasteiger partial charge in [0.25, 0.3) is 0 Å². The van der Waals surface area contributed by atoms with E-state index in [1.165, 1.54) is 71.0 Å². The van der Waals surface area contributed by atoms with Crippen molar-refractivity contribution in [1.82, 2.24) is 4.57 Å². The molecule has 1 aliphatic heterocycles. The van der Waals surface area contributed by atoms with Crippen molar-refractivity contribution in [1.29, 1.82) is 0 Å². The number of ketones is 1. The highest BCUT2D eigenvalue weighted by Crippen LogP contribution is 2.47. The van der Waals surface area contributed by atoms with E-state index >= 15 is 0 Å². The van der Waals surface area contributed by atoms with E-state index in [-0.39, 0.29) is 5.78 Å². The molecular weight excluding hydrogens is 394 g/mol. The van der Waals surface area contributed by atoms with Crippen molar-refractivity contribution in [2.24, 2.45) is 0 Å². The molecule has 1 saturated carbocycles. The summed E-state index contributed by atoms with van der Waals surface area (Å²) < 4.78 is 7.88. The first-order valence-electron chi connectivity index (χ1n) is 11.7. The van der Waals surface area contributed by atoms with Gasteiger partial charge in [0, 0.05) is 34.1 Å². The number of aromatic nitrogens is 1. The Morgan fingerprint density at radius 3 is 2.66 bits per heavy atom. The molecule has 0 N–H and O–H groups in total. The summed E-state index contributed by atoms with van der Waals surface area (Å²) in [6, 6.07) is 17.1. The predicted octanol–water partition coefficient (Wildman–Crippen LogP) is 7.71. The van der Waals surface area contributed by atoms with Crippen LogP contribution in [0.1, 0.15) is 72.0 Å². The highest BCUT2D eigenvalue weighted by Gasteiger charge is 2.29. The van der Waals surface area contributed by atoms with Crippen molar-refractivity contribution in [3.63, 3.8) is 0 Å². The zero-order valence-corrected chi connectivity index (χ0v) is 18.4. The van der Waals surface area contributed by atoms with E-state index in [2.05, 4.69) is 47.0 Å². The van der Waals surface area contributed by atoms with Gasteiger partial charge in [0.2, 0.25) is 0 Å². The molecule has 0 radical (unpaired) electrons.